The Labute approximate surface area is 177 Å². The van der Waals surface area contributed by atoms with Crippen LogP contribution in [-0.4, -0.2) is 23.2 Å². The summed E-state index contributed by atoms with van der Waals surface area (Å²) >= 11 is 0. The molecule has 0 aliphatic heterocycles. The molecule has 0 spiro atoms. The van der Waals surface area contributed by atoms with Crippen LogP contribution in [0, 0.1) is 5.92 Å². The van der Waals surface area contributed by atoms with Gasteiger partial charge in [-0.25, -0.2) is 4.79 Å². The van der Waals surface area contributed by atoms with Crippen LogP contribution < -0.4 is 10.6 Å². The number of allylic oxidation sites excluding steroid dienone is 4. The zero-order valence-electron chi connectivity index (χ0n) is 16.6. The maximum absolute atomic E-state index is 13.1. The van der Waals surface area contributed by atoms with E-state index in [1.54, 1.807) is 43.3 Å². The summed E-state index contributed by atoms with van der Waals surface area (Å²) in [5.41, 5.74) is 1.16. The Bertz CT molecular complexity index is 1010. The molecule has 2 aromatic rings. The Morgan fingerprint density at radius 3 is 2.29 bits per heavy atom. The highest BCUT2D eigenvalue weighted by Crippen LogP contribution is 2.28. The monoisotopic (exact) mass is 430 g/mol. The molecule has 0 aliphatic rings. The van der Waals surface area contributed by atoms with Crippen LogP contribution in [0.3, 0.4) is 0 Å². The Morgan fingerprint density at radius 2 is 1.71 bits per heavy atom. The van der Waals surface area contributed by atoms with Crippen molar-refractivity contribution in [1.82, 2.24) is 5.32 Å². The average Bonchev–Trinajstić information content (AvgIpc) is 2.73. The van der Waals surface area contributed by atoms with Crippen LogP contribution >= 0.6 is 0 Å². The second-order valence-electron chi connectivity index (χ2n) is 6.53. The van der Waals surface area contributed by atoms with Gasteiger partial charge in [0.05, 0.1) is 17.2 Å². The number of hydrogen-bond acceptors (Lipinski definition) is 3. The SMILES string of the molecule is C=CC(/C=C\C(NC(=O)c1ccccc1)=C(/C)Nc1cccc(C(=O)O)c1)C(F)(F)F. The number of carbonyl (C=O) groups excluding carboxylic acids is 1. The predicted octanol–water partition coefficient (Wildman–Crippen LogP) is 5.38. The van der Waals surface area contributed by atoms with E-state index in [1.807, 2.05) is 0 Å². The number of alkyl halides is 3. The second kappa shape index (κ2) is 10.3. The van der Waals surface area contributed by atoms with E-state index in [4.69, 9.17) is 5.11 Å². The molecule has 2 rings (SSSR count). The molecule has 0 aliphatic carbocycles. The quantitative estimate of drug-likeness (QED) is 0.388. The number of aromatic carboxylic acids is 1. The Kier molecular flexibility index (Phi) is 7.79. The molecule has 0 heterocycles. The molecular formula is C23H21F3N2O3. The highest BCUT2D eigenvalue weighted by atomic mass is 19.4. The summed E-state index contributed by atoms with van der Waals surface area (Å²) in [4.78, 5) is 23.7. The van der Waals surface area contributed by atoms with Crippen molar-refractivity contribution >= 4 is 17.6 Å². The van der Waals surface area contributed by atoms with Crippen molar-refractivity contribution < 1.29 is 27.9 Å². The largest absolute Gasteiger partial charge is 0.478 e. The number of carboxylic acids is 1. The number of anilines is 1. The molecule has 3 N–H and O–H groups in total. The van der Waals surface area contributed by atoms with E-state index in [0.29, 0.717) is 16.9 Å². The molecule has 0 fully saturated rings. The van der Waals surface area contributed by atoms with E-state index >= 15 is 0 Å². The van der Waals surface area contributed by atoms with Crippen molar-refractivity contribution in [2.24, 2.45) is 5.92 Å². The van der Waals surface area contributed by atoms with Crippen LogP contribution in [0.1, 0.15) is 27.6 Å². The fourth-order valence-electron chi connectivity index (χ4n) is 2.58. The molecule has 2 aromatic carbocycles. The van der Waals surface area contributed by atoms with Gasteiger partial charge in [-0.1, -0.05) is 36.4 Å². The van der Waals surface area contributed by atoms with Crippen molar-refractivity contribution in [3.8, 4) is 0 Å². The van der Waals surface area contributed by atoms with Gasteiger partial charge in [0.25, 0.3) is 5.91 Å². The van der Waals surface area contributed by atoms with Crippen molar-refractivity contribution in [3.63, 3.8) is 0 Å². The molecule has 31 heavy (non-hydrogen) atoms. The van der Waals surface area contributed by atoms with Crippen LogP contribution in [-0.2, 0) is 0 Å². The van der Waals surface area contributed by atoms with Gasteiger partial charge in [-0.3, -0.25) is 4.79 Å². The van der Waals surface area contributed by atoms with E-state index in [0.717, 1.165) is 18.2 Å². The van der Waals surface area contributed by atoms with E-state index in [1.165, 1.54) is 18.2 Å². The first-order chi connectivity index (χ1) is 14.6. The number of benzene rings is 2. The molecule has 1 atom stereocenters. The normalized spacial score (nSPS) is 13.3. The maximum Gasteiger partial charge on any atom is 0.398 e. The van der Waals surface area contributed by atoms with Gasteiger partial charge in [0.2, 0.25) is 0 Å². The smallest absolute Gasteiger partial charge is 0.398 e. The van der Waals surface area contributed by atoms with Crippen LogP contribution in [0.5, 0.6) is 0 Å². The minimum absolute atomic E-state index is 0.0343. The Hall–Kier alpha value is -3.81. The average molecular weight is 430 g/mol. The van der Waals surface area contributed by atoms with E-state index in [2.05, 4.69) is 17.2 Å². The van der Waals surface area contributed by atoms with Gasteiger partial charge in [0.1, 0.15) is 0 Å². The van der Waals surface area contributed by atoms with Crippen LogP contribution in [0.15, 0.2) is 90.8 Å². The number of nitrogens with one attached hydrogen (secondary N) is 2. The van der Waals surface area contributed by atoms with E-state index < -0.39 is 24.0 Å². The Balaban J connectivity index is 2.39. The Morgan fingerprint density at radius 1 is 1.06 bits per heavy atom. The molecule has 0 saturated heterocycles. The topological polar surface area (TPSA) is 78.4 Å². The number of amides is 1. The molecular weight excluding hydrogens is 409 g/mol. The summed E-state index contributed by atoms with van der Waals surface area (Å²) in [5.74, 6) is -3.54. The van der Waals surface area contributed by atoms with Crippen molar-refractivity contribution in [1.29, 1.82) is 0 Å². The fourth-order valence-corrected chi connectivity index (χ4v) is 2.58. The third-order valence-electron chi connectivity index (χ3n) is 4.23. The standard InChI is InChI=1S/C23H21F3N2O3/c1-3-18(23(24,25)26)12-13-20(28-21(29)16-8-5-4-6-9-16)15(2)27-19-11-7-10-17(14-19)22(30)31/h3-14,18,27H,1H2,2H3,(H,28,29)(H,30,31)/b13-12-,20-15-. The molecule has 1 unspecified atom stereocenters. The lowest BCUT2D eigenvalue weighted by Gasteiger charge is -2.16. The minimum atomic E-state index is -4.52. The molecule has 8 heteroatoms. The lowest BCUT2D eigenvalue weighted by Crippen LogP contribution is -2.25. The lowest BCUT2D eigenvalue weighted by molar-refractivity contribution is -0.148. The van der Waals surface area contributed by atoms with E-state index in [9.17, 15) is 22.8 Å². The minimum Gasteiger partial charge on any atom is -0.478 e. The first-order valence-electron chi connectivity index (χ1n) is 9.17. The van der Waals surface area contributed by atoms with Crippen molar-refractivity contribution in [2.45, 2.75) is 13.1 Å². The van der Waals surface area contributed by atoms with E-state index in [-0.39, 0.29) is 11.3 Å². The zero-order chi connectivity index (χ0) is 23.0. The van der Waals surface area contributed by atoms with Gasteiger partial charge in [-0.05, 0) is 43.3 Å². The van der Waals surface area contributed by atoms with Crippen LogP contribution in [0.25, 0.3) is 0 Å². The molecule has 0 radical (unpaired) electrons. The zero-order valence-corrected chi connectivity index (χ0v) is 16.6. The summed E-state index contributed by atoms with van der Waals surface area (Å²) in [6.45, 7) is 4.76. The van der Waals surface area contributed by atoms with Crippen molar-refractivity contribution in [2.75, 3.05) is 5.32 Å². The number of rotatable bonds is 8. The predicted molar refractivity (Wildman–Crippen MR) is 113 cm³/mol. The number of hydrogen-bond donors (Lipinski definition) is 3. The van der Waals surface area contributed by atoms with Gasteiger partial charge >= 0.3 is 12.1 Å². The van der Waals surface area contributed by atoms with Crippen LogP contribution in [0.2, 0.25) is 0 Å². The van der Waals surface area contributed by atoms with Gasteiger partial charge in [0, 0.05) is 16.9 Å². The summed E-state index contributed by atoms with van der Waals surface area (Å²) in [5, 5.41) is 14.6. The van der Waals surface area contributed by atoms with Gasteiger partial charge in [0.15, 0.2) is 0 Å². The van der Waals surface area contributed by atoms with Crippen molar-refractivity contribution in [3.05, 3.63) is 102 Å². The second-order valence-corrected chi connectivity index (χ2v) is 6.53. The molecule has 5 nitrogen and oxygen atoms in total. The maximum atomic E-state index is 13.1. The van der Waals surface area contributed by atoms with Gasteiger partial charge in [-0.15, -0.1) is 6.58 Å². The fraction of sp³-hybridized carbons (Fsp3) is 0.130. The summed E-state index contributed by atoms with van der Waals surface area (Å²) in [6.07, 6.45) is -1.74. The van der Waals surface area contributed by atoms with Crippen LogP contribution in [0.4, 0.5) is 18.9 Å². The first kappa shape index (κ1) is 23.5. The molecule has 162 valence electrons. The summed E-state index contributed by atoms with van der Waals surface area (Å²) in [7, 11) is 0. The third-order valence-corrected chi connectivity index (χ3v) is 4.23. The highest BCUT2D eigenvalue weighted by molar-refractivity contribution is 5.95. The molecule has 0 bridgehead atoms. The molecule has 0 saturated carbocycles. The summed E-state index contributed by atoms with van der Waals surface area (Å²) < 4.78 is 39.2. The van der Waals surface area contributed by atoms with Gasteiger partial charge < -0.3 is 15.7 Å². The highest BCUT2D eigenvalue weighted by Gasteiger charge is 2.35. The number of carboxylic acid groups (broad SMARTS) is 1. The lowest BCUT2D eigenvalue weighted by atomic mass is 10.1. The summed E-state index contributed by atoms with van der Waals surface area (Å²) in [6, 6.07) is 14.1. The number of carbonyl (C=O) groups is 2. The molecule has 0 aromatic heterocycles. The molecule has 1 amide bonds. The number of halogens is 3. The van der Waals surface area contributed by atoms with Gasteiger partial charge in [-0.2, -0.15) is 13.2 Å². The first-order valence-corrected chi connectivity index (χ1v) is 9.17. The third kappa shape index (κ3) is 6.88.